The van der Waals surface area contributed by atoms with E-state index >= 15 is 0 Å². The zero-order valence-corrected chi connectivity index (χ0v) is 14.6. The molecule has 0 amide bonds. The van der Waals surface area contributed by atoms with Crippen molar-refractivity contribution in [3.8, 4) is 22.3 Å². The third kappa shape index (κ3) is 2.62. The molecule has 0 atom stereocenters. The van der Waals surface area contributed by atoms with Gasteiger partial charge in [-0.1, -0.05) is 74.0 Å². The molecule has 25 heavy (non-hydrogen) atoms. The van der Waals surface area contributed by atoms with Crippen LogP contribution in [0.2, 0.25) is 0 Å². The van der Waals surface area contributed by atoms with Crippen LogP contribution in [0, 0.1) is 6.92 Å². The van der Waals surface area contributed by atoms with Crippen LogP contribution < -0.4 is 0 Å². The van der Waals surface area contributed by atoms with Gasteiger partial charge in [0.15, 0.2) is 0 Å². The molecule has 124 valence electrons. The Morgan fingerprint density at radius 2 is 1.32 bits per heavy atom. The summed E-state index contributed by atoms with van der Waals surface area (Å²) in [4.78, 5) is 0. The molecule has 3 aromatic carbocycles. The minimum absolute atomic E-state index is 0.965. The van der Waals surface area contributed by atoms with Gasteiger partial charge in [-0.05, 0) is 41.2 Å². The Labute approximate surface area is 147 Å². The zero-order valence-electron chi connectivity index (χ0n) is 14.6. The highest BCUT2D eigenvalue weighted by molar-refractivity contribution is 6.01. The molecule has 3 heteroatoms. The Hall–Kier alpha value is -2.94. The summed E-state index contributed by atoms with van der Waals surface area (Å²) in [5, 5.41) is 11.9. The Kier molecular flexibility index (Phi) is 4.06. The molecule has 1 N–H and O–H groups in total. The normalized spacial score (nSPS) is 11.1. The number of aryl methyl sites for hydroxylation is 1. The molecule has 0 aliphatic carbocycles. The minimum Gasteiger partial charge on any atom is -0.197 e. The SMILES string of the molecule is CCCc1c(-c2ccccc2)c(C)c(-c2ccccc2)c2n[nH]nc12. The van der Waals surface area contributed by atoms with Gasteiger partial charge in [0, 0.05) is 5.56 Å². The van der Waals surface area contributed by atoms with E-state index in [0.717, 1.165) is 23.9 Å². The molecule has 0 saturated heterocycles. The maximum absolute atomic E-state index is 4.51. The fraction of sp³-hybridized carbons (Fsp3) is 0.182. The quantitative estimate of drug-likeness (QED) is 0.533. The molecule has 1 aromatic heterocycles. The van der Waals surface area contributed by atoms with Gasteiger partial charge in [-0.15, -0.1) is 0 Å². The van der Waals surface area contributed by atoms with Crippen LogP contribution in [-0.2, 0) is 6.42 Å². The smallest absolute Gasteiger partial charge is 0.121 e. The van der Waals surface area contributed by atoms with E-state index in [1.165, 1.54) is 33.4 Å². The highest BCUT2D eigenvalue weighted by Crippen LogP contribution is 2.40. The van der Waals surface area contributed by atoms with Crippen LogP contribution >= 0.6 is 0 Å². The van der Waals surface area contributed by atoms with Gasteiger partial charge in [-0.25, -0.2) is 0 Å². The van der Waals surface area contributed by atoms with E-state index in [1.54, 1.807) is 0 Å². The molecule has 0 aliphatic heterocycles. The third-order valence-corrected chi connectivity index (χ3v) is 4.75. The van der Waals surface area contributed by atoms with Gasteiger partial charge in [0.25, 0.3) is 0 Å². The Morgan fingerprint density at radius 3 is 1.92 bits per heavy atom. The number of hydrogen-bond donors (Lipinski definition) is 1. The van der Waals surface area contributed by atoms with Crippen molar-refractivity contribution in [2.75, 3.05) is 0 Å². The number of H-pyrrole nitrogens is 1. The van der Waals surface area contributed by atoms with E-state index in [4.69, 9.17) is 0 Å². The van der Waals surface area contributed by atoms with Crippen LogP contribution in [0.4, 0.5) is 0 Å². The molecular weight excluding hydrogens is 306 g/mol. The van der Waals surface area contributed by atoms with E-state index in [1.807, 2.05) is 6.07 Å². The van der Waals surface area contributed by atoms with Gasteiger partial charge in [0.1, 0.15) is 11.0 Å². The number of nitrogens with zero attached hydrogens (tertiary/aromatic N) is 2. The largest absolute Gasteiger partial charge is 0.197 e. The summed E-state index contributed by atoms with van der Waals surface area (Å²) in [6, 6.07) is 21.1. The number of rotatable bonds is 4. The van der Waals surface area contributed by atoms with Crippen molar-refractivity contribution in [3.05, 3.63) is 71.8 Å². The predicted octanol–water partition coefficient (Wildman–Crippen LogP) is 5.55. The lowest BCUT2D eigenvalue weighted by molar-refractivity contribution is 0.918. The summed E-state index contributed by atoms with van der Waals surface area (Å²) in [6.45, 7) is 4.42. The first-order valence-corrected chi connectivity index (χ1v) is 8.78. The topological polar surface area (TPSA) is 41.6 Å². The van der Waals surface area contributed by atoms with Crippen LogP contribution in [0.25, 0.3) is 33.3 Å². The first-order chi connectivity index (χ1) is 12.3. The highest BCUT2D eigenvalue weighted by atomic mass is 15.3. The van der Waals surface area contributed by atoms with E-state index in [9.17, 15) is 0 Å². The highest BCUT2D eigenvalue weighted by Gasteiger charge is 2.21. The Bertz CT molecular complexity index is 1000. The lowest BCUT2D eigenvalue weighted by atomic mass is 9.86. The second kappa shape index (κ2) is 6.52. The molecule has 4 aromatic rings. The molecule has 0 bridgehead atoms. The van der Waals surface area contributed by atoms with Crippen molar-refractivity contribution in [2.45, 2.75) is 26.7 Å². The van der Waals surface area contributed by atoms with E-state index in [0.29, 0.717) is 0 Å². The minimum atomic E-state index is 0.965. The van der Waals surface area contributed by atoms with E-state index < -0.39 is 0 Å². The first kappa shape index (κ1) is 15.6. The van der Waals surface area contributed by atoms with Gasteiger partial charge in [-0.3, -0.25) is 0 Å². The van der Waals surface area contributed by atoms with Crippen LogP contribution in [-0.4, -0.2) is 15.4 Å². The van der Waals surface area contributed by atoms with Crippen molar-refractivity contribution >= 4 is 11.0 Å². The van der Waals surface area contributed by atoms with Crippen LogP contribution in [0.3, 0.4) is 0 Å². The number of aromatic nitrogens is 3. The summed E-state index contributed by atoms with van der Waals surface area (Å²) < 4.78 is 0. The summed E-state index contributed by atoms with van der Waals surface area (Å²) >= 11 is 0. The number of aromatic amines is 1. The zero-order chi connectivity index (χ0) is 17.2. The van der Waals surface area contributed by atoms with Crippen LogP contribution in [0.5, 0.6) is 0 Å². The summed E-state index contributed by atoms with van der Waals surface area (Å²) in [5.74, 6) is 0. The fourth-order valence-corrected chi connectivity index (χ4v) is 3.71. The van der Waals surface area contributed by atoms with Gasteiger partial charge in [0.2, 0.25) is 0 Å². The molecule has 0 fully saturated rings. The maximum atomic E-state index is 4.51. The van der Waals surface area contributed by atoms with Gasteiger partial charge in [-0.2, -0.15) is 15.4 Å². The number of hydrogen-bond acceptors (Lipinski definition) is 2. The predicted molar refractivity (Wildman–Crippen MR) is 103 cm³/mol. The molecule has 0 unspecified atom stereocenters. The number of fused-ring (bicyclic) bond motifs is 1. The second-order valence-corrected chi connectivity index (χ2v) is 6.36. The van der Waals surface area contributed by atoms with Crippen LogP contribution in [0.1, 0.15) is 24.5 Å². The van der Waals surface area contributed by atoms with Gasteiger partial charge >= 0.3 is 0 Å². The van der Waals surface area contributed by atoms with E-state index in [2.05, 4.69) is 83.9 Å². The molecule has 0 saturated carbocycles. The number of nitrogens with one attached hydrogen (secondary N) is 1. The molecule has 0 spiro atoms. The standard InChI is InChI=1S/C22H21N3/c1-3-10-18-19(16-11-6-4-7-12-16)15(2)20(17-13-8-5-9-14-17)22-21(18)23-25-24-22/h4-9,11-14H,3,10H2,1-2H3,(H,23,24,25). The van der Waals surface area contributed by atoms with Crippen molar-refractivity contribution in [1.82, 2.24) is 15.4 Å². The molecular formula is C22H21N3. The second-order valence-electron chi connectivity index (χ2n) is 6.36. The lowest BCUT2D eigenvalue weighted by Crippen LogP contribution is -1.99. The Balaban J connectivity index is 2.12. The van der Waals surface area contributed by atoms with Crippen molar-refractivity contribution < 1.29 is 0 Å². The van der Waals surface area contributed by atoms with Gasteiger partial charge < -0.3 is 0 Å². The average molecular weight is 327 g/mol. The van der Waals surface area contributed by atoms with Crippen molar-refractivity contribution in [2.24, 2.45) is 0 Å². The molecule has 3 nitrogen and oxygen atoms in total. The molecule has 0 aliphatic rings. The monoisotopic (exact) mass is 327 g/mol. The fourth-order valence-electron chi connectivity index (χ4n) is 3.71. The average Bonchev–Trinajstić information content (AvgIpc) is 3.13. The summed E-state index contributed by atoms with van der Waals surface area (Å²) in [6.07, 6.45) is 2.06. The maximum Gasteiger partial charge on any atom is 0.121 e. The first-order valence-electron chi connectivity index (χ1n) is 8.78. The van der Waals surface area contributed by atoms with Gasteiger partial charge in [0.05, 0.1) is 0 Å². The van der Waals surface area contributed by atoms with E-state index in [-0.39, 0.29) is 0 Å². The van der Waals surface area contributed by atoms with Crippen molar-refractivity contribution in [3.63, 3.8) is 0 Å². The summed E-state index contributed by atoms with van der Waals surface area (Å²) in [5.41, 5.74) is 9.39. The molecule has 4 rings (SSSR count). The third-order valence-electron chi connectivity index (χ3n) is 4.75. The van der Waals surface area contributed by atoms with Crippen molar-refractivity contribution in [1.29, 1.82) is 0 Å². The summed E-state index contributed by atoms with van der Waals surface area (Å²) in [7, 11) is 0. The number of benzene rings is 3. The van der Waals surface area contributed by atoms with Crippen LogP contribution in [0.15, 0.2) is 60.7 Å². The lowest BCUT2D eigenvalue weighted by Gasteiger charge is -2.18. The molecule has 1 heterocycles. The Morgan fingerprint density at radius 1 is 0.760 bits per heavy atom. The molecule has 0 radical (unpaired) electrons.